The number of aromatic amines is 1. The number of sulfonamides is 1. The lowest BCUT2D eigenvalue weighted by molar-refractivity contribution is -0.124. The summed E-state index contributed by atoms with van der Waals surface area (Å²) in [5, 5.41) is 21.8. The molecule has 1 amide bonds. The second-order valence-electron chi connectivity index (χ2n) is 6.73. The molecule has 4 rings (SSSR count). The molecule has 0 spiro atoms. The Morgan fingerprint density at radius 1 is 1.14 bits per heavy atom. The molecule has 2 aromatic carbocycles. The van der Waals surface area contributed by atoms with Crippen LogP contribution >= 0.6 is 0 Å². The van der Waals surface area contributed by atoms with Crippen molar-refractivity contribution >= 4 is 15.9 Å². The highest BCUT2D eigenvalue weighted by atomic mass is 32.2. The van der Waals surface area contributed by atoms with Gasteiger partial charge in [0, 0.05) is 25.2 Å². The minimum atomic E-state index is -3.98. The van der Waals surface area contributed by atoms with Gasteiger partial charge in [-0.2, -0.15) is 0 Å². The Kier molecular flexibility index (Phi) is 5.09. The molecule has 2 heterocycles. The van der Waals surface area contributed by atoms with Crippen LogP contribution in [0.1, 0.15) is 5.56 Å². The number of nitrogens with one attached hydrogen (secondary N) is 2. The largest absolute Gasteiger partial charge is 0.354 e. The van der Waals surface area contributed by atoms with Crippen molar-refractivity contribution in [1.29, 1.82) is 0 Å². The number of benzene rings is 2. The first kappa shape index (κ1) is 19.2. The summed E-state index contributed by atoms with van der Waals surface area (Å²) >= 11 is 0. The standard InChI is InChI=1S/C18H19N7O3S/c19-29(27,28)15-3-1-2-14(17(15)18-21-23-24-22-18)13-6-4-12(5-7-13)10-25-9-8-20-16(26)11-25/h1-7H,8-11H2,(H,20,26)(H2,19,27,28)(H,21,22,23,24). The fourth-order valence-electron chi connectivity index (χ4n) is 3.39. The minimum Gasteiger partial charge on any atom is -0.354 e. The van der Waals surface area contributed by atoms with Crippen LogP contribution in [0.2, 0.25) is 0 Å². The van der Waals surface area contributed by atoms with Crippen molar-refractivity contribution in [3.8, 4) is 22.5 Å². The molecule has 1 fully saturated rings. The van der Waals surface area contributed by atoms with Crippen LogP contribution in [-0.2, 0) is 21.4 Å². The second-order valence-corrected chi connectivity index (χ2v) is 8.26. The Labute approximate surface area is 167 Å². The molecule has 0 aliphatic carbocycles. The van der Waals surface area contributed by atoms with E-state index in [1.165, 1.54) is 6.07 Å². The zero-order valence-corrected chi connectivity index (χ0v) is 16.2. The number of primary sulfonamides is 1. The van der Waals surface area contributed by atoms with Gasteiger partial charge in [-0.15, -0.1) is 5.10 Å². The normalized spacial score (nSPS) is 15.3. The highest BCUT2D eigenvalue weighted by molar-refractivity contribution is 7.89. The molecule has 29 heavy (non-hydrogen) atoms. The Bertz CT molecular complexity index is 1130. The number of carbonyl (C=O) groups excluding carboxylic acids is 1. The molecular weight excluding hydrogens is 394 g/mol. The molecule has 0 unspecified atom stereocenters. The summed E-state index contributed by atoms with van der Waals surface area (Å²) in [5.74, 6) is 0.242. The fraction of sp³-hybridized carbons (Fsp3) is 0.222. The van der Waals surface area contributed by atoms with Crippen LogP contribution in [0.25, 0.3) is 22.5 Å². The van der Waals surface area contributed by atoms with Gasteiger partial charge in [0.05, 0.1) is 11.4 Å². The highest BCUT2D eigenvalue weighted by Gasteiger charge is 2.22. The Morgan fingerprint density at radius 2 is 1.93 bits per heavy atom. The topological polar surface area (TPSA) is 147 Å². The first-order valence-electron chi connectivity index (χ1n) is 8.90. The van der Waals surface area contributed by atoms with E-state index in [0.29, 0.717) is 30.8 Å². The number of tetrazole rings is 1. The van der Waals surface area contributed by atoms with E-state index in [4.69, 9.17) is 5.14 Å². The van der Waals surface area contributed by atoms with Gasteiger partial charge >= 0.3 is 0 Å². The molecule has 1 aromatic heterocycles. The smallest absolute Gasteiger partial charge is 0.238 e. The van der Waals surface area contributed by atoms with E-state index in [1.54, 1.807) is 12.1 Å². The van der Waals surface area contributed by atoms with Gasteiger partial charge in [0.2, 0.25) is 15.9 Å². The number of piperazine rings is 1. The second kappa shape index (κ2) is 7.70. The van der Waals surface area contributed by atoms with Crippen molar-refractivity contribution in [2.75, 3.05) is 19.6 Å². The van der Waals surface area contributed by atoms with Gasteiger partial charge in [0.25, 0.3) is 0 Å². The van der Waals surface area contributed by atoms with Crippen molar-refractivity contribution in [2.24, 2.45) is 5.14 Å². The maximum absolute atomic E-state index is 12.1. The molecular formula is C18H19N7O3S. The number of nitrogens with two attached hydrogens (primary N) is 1. The molecule has 150 valence electrons. The SMILES string of the molecule is NS(=O)(=O)c1cccc(-c2ccc(CN3CCNC(=O)C3)cc2)c1-c1nnn[nH]1. The van der Waals surface area contributed by atoms with E-state index in [2.05, 4.69) is 30.8 Å². The molecule has 0 bridgehead atoms. The van der Waals surface area contributed by atoms with Crippen molar-refractivity contribution in [1.82, 2.24) is 30.8 Å². The van der Waals surface area contributed by atoms with Crippen molar-refractivity contribution < 1.29 is 13.2 Å². The van der Waals surface area contributed by atoms with E-state index in [-0.39, 0.29) is 16.6 Å². The van der Waals surface area contributed by atoms with Crippen LogP contribution in [0, 0.1) is 0 Å². The third-order valence-corrected chi connectivity index (χ3v) is 5.66. The number of hydrogen-bond acceptors (Lipinski definition) is 7. The number of H-pyrrole nitrogens is 1. The predicted molar refractivity (Wildman–Crippen MR) is 105 cm³/mol. The van der Waals surface area contributed by atoms with Crippen LogP contribution in [0.4, 0.5) is 0 Å². The van der Waals surface area contributed by atoms with Gasteiger partial charge in [-0.1, -0.05) is 36.4 Å². The third kappa shape index (κ3) is 4.16. The molecule has 0 radical (unpaired) electrons. The number of rotatable bonds is 5. The number of aromatic nitrogens is 4. The van der Waals surface area contributed by atoms with E-state index < -0.39 is 10.0 Å². The zero-order chi connectivity index (χ0) is 20.4. The molecule has 1 saturated heterocycles. The average Bonchev–Trinajstić information content (AvgIpc) is 3.22. The molecule has 3 aromatic rings. The Balaban J connectivity index is 1.69. The number of carbonyl (C=O) groups is 1. The lowest BCUT2D eigenvalue weighted by Gasteiger charge is -2.26. The van der Waals surface area contributed by atoms with Crippen LogP contribution in [0.5, 0.6) is 0 Å². The monoisotopic (exact) mass is 413 g/mol. The van der Waals surface area contributed by atoms with Gasteiger partial charge < -0.3 is 5.32 Å². The summed E-state index contributed by atoms with van der Waals surface area (Å²) in [7, 11) is -3.98. The van der Waals surface area contributed by atoms with Gasteiger partial charge in [0.15, 0.2) is 5.82 Å². The van der Waals surface area contributed by atoms with Crippen molar-refractivity contribution in [3.63, 3.8) is 0 Å². The molecule has 0 saturated carbocycles. The highest BCUT2D eigenvalue weighted by Crippen LogP contribution is 2.34. The van der Waals surface area contributed by atoms with E-state index in [1.807, 2.05) is 24.3 Å². The Hall–Kier alpha value is -3.15. The molecule has 1 aliphatic heterocycles. The van der Waals surface area contributed by atoms with Crippen LogP contribution in [0.15, 0.2) is 47.4 Å². The number of amides is 1. The predicted octanol–water partition coefficient (Wildman–Crippen LogP) is 0.113. The average molecular weight is 413 g/mol. The Morgan fingerprint density at radius 3 is 2.59 bits per heavy atom. The fourth-order valence-corrected chi connectivity index (χ4v) is 4.15. The molecule has 0 atom stereocenters. The van der Waals surface area contributed by atoms with Gasteiger partial charge in [0.1, 0.15) is 0 Å². The van der Waals surface area contributed by atoms with Crippen LogP contribution < -0.4 is 10.5 Å². The number of hydrogen-bond donors (Lipinski definition) is 3. The maximum atomic E-state index is 12.1. The van der Waals surface area contributed by atoms with Gasteiger partial charge in [-0.25, -0.2) is 18.7 Å². The summed E-state index contributed by atoms with van der Waals surface area (Å²) in [6.07, 6.45) is 0. The van der Waals surface area contributed by atoms with Crippen molar-refractivity contribution in [3.05, 3.63) is 48.0 Å². The summed E-state index contributed by atoms with van der Waals surface area (Å²) in [5.41, 5.74) is 2.80. The maximum Gasteiger partial charge on any atom is 0.238 e. The minimum absolute atomic E-state index is 0.0259. The summed E-state index contributed by atoms with van der Waals surface area (Å²) in [6, 6.07) is 12.5. The van der Waals surface area contributed by atoms with E-state index in [0.717, 1.165) is 17.7 Å². The summed E-state index contributed by atoms with van der Waals surface area (Å²) in [4.78, 5) is 13.5. The molecule has 11 heteroatoms. The lowest BCUT2D eigenvalue weighted by Crippen LogP contribution is -2.47. The quantitative estimate of drug-likeness (QED) is 0.538. The van der Waals surface area contributed by atoms with Crippen LogP contribution in [-0.4, -0.2) is 59.5 Å². The molecule has 10 nitrogen and oxygen atoms in total. The van der Waals surface area contributed by atoms with Crippen LogP contribution in [0.3, 0.4) is 0 Å². The zero-order valence-electron chi connectivity index (χ0n) is 15.4. The summed E-state index contributed by atoms with van der Waals surface area (Å²) < 4.78 is 24.2. The first-order chi connectivity index (χ1) is 13.9. The van der Waals surface area contributed by atoms with E-state index >= 15 is 0 Å². The summed E-state index contributed by atoms with van der Waals surface area (Å²) in [6.45, 7) is 2.48. The van der Waals surface area contributed by atoms with Crippen molar-refractivity contribution in [2.45, 2.75) is 11.4 Å². The number of nitrogens with zero attached hydrogens (tertiary/aromatic N) is 4. The van der Waals surface area contributed by atoms with E-state index in [9.17, 15) is 13.2 Å². The molecule has 1 aliphatic rings. The van der Waals surface area contributed by atoms with Gasteiger partial charge in [-0.05, 0) is 33.2 Å². The lowest BCUT2D eigenvalue weighted by atomic mass is 9.98. The third-order valence-electron chi connectivity index (χ3n) is 4.70. The van der Waals surface area contributed by atoms with Gasteiger partial charge in [-0.3, -0.25) is 9.69 Å². The molecule has 4 N–H and O–H groups in total. The first-order valence-corrected chi connectivity index (χ1v) is 10.4.